The molecule has 146 valence electrons. The molecule has 2 aromatic carbocycles. The molecule has 1 atom stereocenters. The summed E-state index contributed by atoms with van der Waals surface area (Å²) in [7, 11) is 0.138. The van der Waals surface area contributed by atoms with Gasteiger partial charge >= 0.3 is 0 Å². The average molecular weight is 392 g/mol. The topological polar surface area (TPSA) is 49.9 Å². The number of piperazine rings is 1. The van der Waals surface area contributed by atoms with Crippen molar-refractivity contribution in [1.29, 1.82) is 0 Å². The number of benzene rings is 2. The maximum absolute atomic E-state index is 13.8. The largest absolute Gasteiger partial charge is 0.497 e. The van der Waals surface area contributed by atoms with E-state index in [1.54, 1.807) is 25.3 Å². The molecule has 1 aliphatic heterocycles. The summed E-state index contributed by atoms with van der Waals surface area (Å²) in [5.74, 6) is 0.295. The fraction of sp³-hybridized carbons (Fsp3) is 0.400. The second kappa shape index (κ2) is 8.37. The van der Waals surface area contributed by atoms with Gasteiger partial charge in [0.2, 0.25) is 10.0 Å². The summed E-state index contributed by atoms with van der Waals surface area (Å²) in [6, 6.07) is 14.0. The van der Waals surface area contributed by atoms with Crippen LogP contribution in [0.1, 0.15) is 17.2 Å². The van der Waals surface area contributed by atoms with Crippen LogP contribution in [-0.2, 0) is 16.4 Å². The minimum Gasteiger partial charge on any atom is -0.497 e. The van der Waals surface area contributed by atoms with Gasteiger partial charge in [0.15, 0.2) is 0 Å². The number of hydrogen-bond acceptors (Lipinski definition) is 4. The summed E-state index contributed by atoms with van der Waals surface area (Å²) >= 11 is 0. The van der Waals surface area contributed by atoms with Crippen molar-refractivity contribution in [3.63, 3.8) is 0 Å². The molecule has 0 spiro atoms. The Morgan fingerprint density at radius 1 is 1.15 bits per heavy atom. The summed E-state index contributed by atoms with van der Waals surface area (Å²) in [5, 5.41) is 0. The summed E-state index contributed by atoms with van der Waals surface area (Å²) in [6.07, 6.45) is 0.172. The van der Waals surface area contributed by atoms with E-state index in [0.29, 0.717) is 25.2 Å². The van der Waals surface area contributed by atoms with Crippen molar-refractivity contribution in [3.8, 4) is 5.75 Å². The van der Waals surface area contributed by atoms with Gasteiger partial charge in [-0.15, -0.1) is 0 Å². The minimum absolute atomic E-state index is 0.0444. The third-order valence-electron chi connectivity index (χ3n) is 5.07. The highest BCUT2D eigenvalue weighted by Gasteiger charge is 2.32. The number of methoxy groups -OCH3 is 1. The highest BCUT2D eigenvalue weighted by molar-refractivity contribution is 7.89. The van der Waals surface area contributed by atoms with Crippen LogP contribution in [0.4, 0.5) is 4.39 Å². The predicted octanol–water partition coefficient (Wildman–Crippen LogP) is 2.70. The fourth-order valence-corrected chi connectivity index (χ4v) is 4.84. The highest BCUT2D eigenvalue weighted by atomic mass is 32.2. The van der Waals surface area contributed by atoms with E-state index in [4.69, 9.17) is 4.74 Å². The molecule has 2 aromatic rings. The normalized spacial score (nSPS) is 19.1. The van der Waals surface area contributed by atoms with Crippen LogP contribution in [0.5, 0.6) is 5.75 Å². The number of hydrogen-bond donors (Lipinski definition) is 0. The molecule has 1 fully saturated rings. The summed E-state index contributed by atoms with van der Waals surface area (Å²) < 4.78 is 46.3. The molecule has 1 aliphatic rings. The van der Waals surface area contributed by atoms with Crippen molar-refractivity contribution in [3.05, 3.63) is 65.5 Å². The molecule has 7 heteroatoms. The van der Waals surface area contributed by atoms with Crippen LogP contribution in [0.15, 0.2) is 48.5 Å². The van der Waals surface area contributed by atoms with Crippen LogP contribution in [0.25, 0.3) is 0 Å². The lowest BCUT2D eigenvalue weighted by Gasteiger charge is -2.39. The first kappa shape index (κ1) is 19.8. The van der Waals surface area contributed by atoms with E-state index in [1.807, 2.05) is 31.3 Å². The molecule has 5 nitrogen and oxygen atoms in total. The van der Waals surface area contributed by atoms with E-state index in [-0.39, 0.29) is 24.0 Å². The summed E-state index contributed by atoms with van der Waals surface area (Å²) in [4.78, 5) is 2.15. The van der Waals surface area contributed by atoms with Crippen LogP contribution in [0.2, 0.25) is 0 Å². The van der Waals surface area contributed by atoms with Gasteiger partial charge in [-0.3, -0.25) is 4.90 Å². The molecule has 0 N–H and O–H groups in total. The number of halogens is 1. The van der Waals surface area contributed by atoms with E-state index in [0.717, 1.165) is 11.3 Å². The molecule has 3 rings (SSSR count). The molecule has 0 bridgehead atoms. The Hall–Kier alpha value is -1.96. The van der Waals surface area contributed by atoms with Crippen LogP contribution in [0.3, 0.4) is 0 Å². The van der Waals surface area contributed by atoms with Crippen LogP contribution >= 0.6 is 0 Å². The predicted molar refractivity (Wildman–Crippen MR) is 104 cm³/mol. The first-order valence-corrected chi connectivity index (χ1v) is 10.6. The van der Waals surface area contributed by atoms with E-state index in [1.165, 1.54) is 10.4 Å². The lowest BCUT2D eigenvalue weighted by Crippen LogP contribution is -2.49. The van der Waals surface area contributed by atoms with Gasteiger partial charge in [-0.2, -0.15) is 4.31 Å². The molecule has 1 heterocycles. The average Bonchev–Trinajstić information content (AvgIpc) is 2.67. The van der Waals surface area contributed by atoms with Crippen molar-refractivity contribution >= 4 is 10.0 Å². The number of aryl methyl sites for hydroxylation is 1. The Balaban J connectivity index is 1.73. The van der Waals surface area contributed by atoms with Crippen LogP contribution in [-0.4, -0.2) is 57.2 Å². The van der Waals surface area contributed by atoms with Gasteiger partial charge < -0.3 is 4.74 Å². The van der Waals surface area contributed by atoms with Crippen LogP contribution < -0.4 is 4.74 Å². The molecule has 0 radical (unpaired) electrons. The molecule has 27 heavy (non-hydrogen) atoms. The smallest absolute Gasteiger partial charge is 0.214 e. The molecular weight excluding hydrogens is 367 g/mol. The van der Waals surface area contributed by atoms with Gasteiger partial charge in [-0.1, -0.05) is 30.3 Å². The summed E-state index contributed by atoms with van der Waals surface area (Å²) in [6.45, 7) is 1.46. The van der Waals surface area contributed by atoms with Crippen molar-refractivity contribution in [2.24, 2.45) is 0 Å². The zero-order valence-corrected chi connectivity index (χ0v) is 16.5. The second-order valence-electron chi connectivity index (χ2n) is 6.79. The molecule has 1 saturated heterocycles. The number of nitrogens with zero attached hydrogens (tertiary/aromatic N) is 2. The van der Waals surface area contributed by atoms with Crippen molar-refractivity contribution in [1.82, 2.24) is 9.21 Å². The SMILES string of the molecule is COc1cccc(C2CN(S(=O)(=O)CCc3ccccc3F)CCN2C)c1. The molecule has 0 amide bonds. The number of sulfonamides is 1. The Morgan fingerprint density at radius 3 is 2.67 bits per heavy atom. The Labute approximate surface area is 160 Å². The maximum atomic E-state index is 13.8. The van der Waals surface area contributed by atoms with E-state index in [2.05, 4.69) is 4.90 Å². The van der Waals surface area contributed by atoms with Crippen molar-refractivity contribution in [2.45, 2.75) is 12.5 Å². The summed E-state index contributed by atoms with van der Waals surface area (Å²) in [5.41, 5.74) is 1.45. The number of ether oxygens (including phenoxy) is 1. The Bertz CT molecular complexity index is 888. The standard InChI is InChI=1S/C20H25FN2O3S/c1-22-11-12-23(15-20(22)17-7-5-8-18(14-17)26-2)27(24,25)13-10-16-6-3-4-9-19(16)21/h3-9,14,20H,10-13,15H2,1-2H3. The van der Waals surface area contributed by atoms with E-state index < -0.39 is 10.0 Å². The first-order chi connectivity index (χ1) is 12.9. The van der Waals surface area contributed by atoms with E-state index >= 15 is 0 Å². The minimum atomic E-state index is -3.47. The number of rotatable bonds is 6. The third-order valence-corrected chi connectivity index (χ3v) is 6.91. The second-order valence-corrected chi connectivity index (χ2v) is 8.88. The molecule has 0 aromatic heterocycles. The van der Waals surface area contributed by atoms with Gasteiger partial charge in [0, 0.05) is 25.7 Å². The first-order valence-electron chi connectivity index (χ1n) is 8.96. The lowest BCUT2D eigenvalue weighted by molar-refractivity contribution is 0.148. The third kappa shape index (κ3) is 4.66. The Morgan fingerprint density at radius 2 is 1.93 bits per heavy atom. The molecule has 0 saturated carbocycles. The highest BCUT2D eigenvalue weighted by Crippen LogP contribution is 2.28. The Kier molecular flexibility index (Phi) is 6.14. The zero-order chi connectivity index (χ0) is 19.4. The molecule has 1 unspecified atom stereocenters. The number of likely N-dealkylation sites (N-methyl/N-ethyl adjacent to an activating group) is 1. The quantitative estimate of drug-likeness (QED) is 0.759. The lowest BCUT2D eigenvalue weighted by atomic mass is 10.0. The monoisotopic (exact) mass is 392 g/mol. The van der Waals surface area contributed by atoms with E-state index in [9.17, 15) is 12.8 Å². The zero-order valence-electron chi connectivity index (χ0n) is 15.6. The van der Waals surface area contributed by atoms with Gasteiger partial charge in [0.1, 0.15) is 11.6 Å². The van der Waals surface area contributed by atoms with Gasteiger partial charge in [0.05, 0.1) is 12.9 Å². The van der Waals surface area contributed by atoms with Crippen molar-refractivity contribution in [2.75, 3.05) is 39.5 Å². The molecular formula is C20H25FN2O3S. The maximum Gasteiger partial charge on any atom is 0.214 e. The van der Waals surface area contributed by atoms with Gasteiger partial charge in [-0.25, -0.2) is 12.8 Å². The van der Waals surface area contributed by atoms with Gasteiger partial charge in [0.25, 0.3) is 0 Å². The fourth-order valence-electron chi connectivity index (χ4n) is 3.38. The van der Waals surface area contributed by atoms with Gasteiger partial charge in [-0.05, 0) is 42.8 Å². The van der Waals surface area contributed by atoms with Crippen molar-refractivity contribution < 1.29 is 17.5 Å². The molecule has 0 aliphatic carbocycles. The van der Waals surface area contributed by atoms with Crippen LogP contribution in [0, 0.1) is 5.82 Å².